The minimum Gasteiger partial charge on any atom is -0.368 e. The van der Waals surface area contributed by atoms with Gasteiger partial charge in [-0.25, -0.2) is 4.98 Å². The predicted molar refractivity (Wildman–Crippen MR) is 129 cm³/mol. The third kappa shape index (κ3) is 4.24. The summed E-state index contributed by atoms with van der Waals surface area (Å²) in [4.78, 5) is 24.9. The monoisotopic (exact) mass is 431 g/mol. The number of imidazole rings is 1. The highest BCUT2D eigenvalue weighted by Gasteiger charge is 2.30. The van der Waals surface area contributed by atoms with Gasteiger partial charge in [0.1, 0.15) is 5.82 Å². The van der Waals surface area contributed by atoms with Gasteiger partial charge in [0.05, 0.1) is 17.6 Å². The third-order valence-electron chi connectivity index (χ3n) is 7.17. The van der Waals surface area contributed by atoms with Crippen LogP contribution in [0.1, 0.15) is 24.2 Å². The Balaban J connectivity index is 1.12. The standard InChI is InChI=1S/C26H33N5O/c1-20-7-9-22(10-8-20)30-15-17-31(18-16-30)26(32)21-11-13-29(14-12-21)19-25-27-23-5-3-4-6-24(23)28(25)2/h3-10,21H,11-19H2,1-2H3. The number of aryl methyl sites for hydroxylation is 2. The lowest BCUT2D eigenvalue weighted by molar-refractivity contribution is -0.137. The molecule has 5 rings (SSSR count). The Labute approximate surface area is 190 Å². The molecule has 2 aromatic carbocycles. The molecule has 0 spiro atoms. The first kappa shape index (κ1) is 21.0. The van der Waals surface area contributed by atoms with Crippen molar-refractivity contribution in [3.05, 3.63) is 59.9 Å². The second-order valence-electron chi connectivity index (χ2n) is 9.27. The van der Waals surface area contributed by atoms with E-state index in [0.717, 1.165) is 70.0 Å². The number of hydrogen-bond acceptors (Lipinski definition) is 4. The van der Waals surface area contributed by atoms with Crippen molar-refractivity contribution in [1.29, 1.82) is 0 Å². The second-order valence-corrected chi connectivity index (χ2v) is 9.27. The number of piperazine rings is 1. The van der Waals surface area contributed by atoms with Crippen LogP contribution in [0.5, 0.6) is 0 Å². The highest BCUT2D eigenvalue weighted by molar-refractivity contribution is 5.79. The summed E-state index contributed by atoms with van der Waals surface area (Å²) in [6.45, 7) is 8.37. The van der Waals surface area contributed by atoms with Gasteiger partial charge < -0.3 is 14.4 Å². The van der Waals surface area contributed by atoms with Gasteiger partial charge in [0.15, 0.2) is 0 Å². The SMILES string of the molecule is Cc1ccc(N2CCN(C(=O)C3CCN(Cc4nc5ccccc5n4C)CC3)CC2)cc1. The minimum absolute atomic E-state index is 0.164. The molecule has 2 fully saturated rings. The van der Waals surface area contributed by atoms with E-state index in [1.54, 1.807) is 0 Å². The molecule has 2 aliphatic rings. The summed E-state index contributed by atoms with van der Waals surface area (Å²) >= 11 is 0. The summed E-state index contributed by atoms with van der Waals surface area (Å²) in [5.41, 5.74) is 4.78. The number of carbonyl (C=O) groups is 1. The molecule has 0 bridgehead atoms. The van der Waals surface area contributed by atoms with E-state index in [2.05, 4.69) is 75.7 Å². The molecule has 2 saturated heterocycles. The molecule has 0 unspecified atom stereocenters. The summed E-state index contributed by atoms with van der Waals surface area (Å²) in [6, 6.07) is 17.0. The quantitative estimate of drug-likeness (QED) is 0.635. The van der Waals surface area contributed by atoms with Crippen molar-refractivity contribution in [1.82, 2.24) is 19.4 Å². The van der Waals surface area contributed by atoms with Gasteiger partial charge in [-0.2, -0.15) is 0 Å². The molecule has 6 nitrogen and oxygen atoms in total. The molecular weight excluding hydrogens is 398 g/mol. The van der Waals surface area contributed by atoms with Gasteiger partial charge in [-0.3, -0.25) is 9.69 Å². The first-order valence-electron chi connectivity index (χ1n) is 11.8. The van der Waals surface area contributed by atoms with Crippen molar-refractivity contribution in [2.24, 2.45) is 13.0 Å². The maximum Gasteiger partial charge on any atom is 0.225 e. The molecule has 32 heavy (non-hydrogen) atoms. The molecule has 0 atom stereocenters. The first-order valence-corrected chi connectivity index (χ1v) is 11.8. The van der Waals surface area contributed by atoms with Crippen LogP contribution in [-0.4, -0.2) is 64.5 Å². The van der Waals surface area contributed by atoms with Crippen molar-refractivity contribution in [3.8, 4) is 0 Å². The van der Waals surface area contributed by atoms with Gasteiger partial charge in [-0.15, -0.1) is 0 Å². The van der Waals surface area contributed by atoms with E-state index in [0.29, 0.717) is 5.91 Å². The van der Waals surface area contributed by atoms with E-state index in [1.807, 2.05) is 6.07 Å². The van der Waals surface area contributed by atoms with E-state index in [9.17, 15) is 4.79 Å². The van der Waals surface area contributed by atoms with E-state index < -0.39 is 0 Å². The third-order valence-corrected chi connectivity index (χ3v) is 7.17. The normalized spacial score (nSPS) is 18.4. The van der Waals surface area contributed by atoms with E-state index >= 15 is 0 Å². The van der Waals surface area contributed by atoms with E-state index in [-0.39, 0.29) is 5.92 Å². The minimum atomic E-state index is 0.164. The lowest BCUT2D eigenvalue weighted by atomic mass is 9.95. The largest absolute Gasteiger partial charge is 0.368 e. The molecule has 1 amide bonds. The number of nitrogens with zero attached hydrogens (tertiary/aromatic N) is 5. The lowest BCUT2D eigenvalue weighted by Gasteiger charge is -2.39. The molecule has 0 saturated carbocycles. The molecule has 6 heteroatoms. The summed E-state index contributed by atoms with van der Waals surface area (Å²) in [7, 11) is 2.09. The van der Waals surface area contributed by atoms with Crippen LogP contribution >= 0.6 is 0 Å². The van der Waals surface area contributed by atoms with Crippen molar-refractivity contribution in [2.75, 3.05) is 44.2 Å². The molecule has 2 aliphatic heterocycles. The average molecular weight is 432 g/mol. The smallest absolute Gasteiger partial charge is 0.225 e. The van der Waals surface area contributed by atoms with E-state index in [4.69, 9.17) is 4.98 Å². The number of likely N-dealkylation sites (tertiary alicyclic amines) is 1. The lowest BCUT2D eigenvalue weighted by Crippen LogP contribution is -2.51. The number of anilines is 1. The zero-order valence-corrected chi connectivity index (χ0v) is 19.2. The molecule has 1 aromatic heterocycles. The molecule has 0 N–H and O–H groups in total. The highest BCUT2D eigenvalue weighted by Crippen LogP contribution is 2.24. The maximum absolute atomic E-state index is 13.1. The molecule has 0 aliphatic carbocycles. The Hall–Kier alpha value is -2.86. The van der Waals surface area contributed by atoms with Crippen LogP contribution in [0.2, 0.25) is 0 Å². The number of benzene rings is 2. The first-order chi connectivity index (χ1) is 15.6. The van der Waals surface area contributed by atoms with Crippen LogP contribution in [0.15, 0.2) is 48.5 Å². The van der Waals surface area contributed by atoms with Crippen LogP contribution in [0.4, 0.5) is 5.69 Å². The summed E-state index contributed by atoms with van der Waals surface area (Å²) in [6.07, 6.45) is 1.89. The Morgan fingerprint density at radius 1 is 0.938 bits per heavy atom. The fourth-order valence-corrected chi connectivity index (χ4v) is 5.07. The summed E-state index contributed by atoms with van der Waals surface area (Å²) in [5.74, 6) is 1.62. The number of carbonyl (C=O) groups excluding carboxylic acids is 1. The van der Waals surface area contributed by atoms with Gasteiger partial charge in [0.25, 0.3) is 0 Å². The zero-order chi connectivity index (χ0) is 22.1. The Morgan fingerprint density at radius 3 is 2.31 bits per heavy atom. The van der Waals surface area contributed by atoms with E-state index in [1.165, 1.54) is 16.8 Å². The molecule has 3 aromatic rings. The molecule has 168 valence electrons. The Morgan fingerprint density at radius 2 is 1.62 bits per heavy atom. The molecule has 3 heterocycles. The van der Waals surface area contributed by atoms with Gasteiger partial charge in [-0.1, -0.05) is 29.8 Å². The number of piperidine rings is 1. The van der Waals surface area contributed by atoms with Crippen molar-refractivity contribution in [2.45, 2.75) is 26.3 Å². The molecule has 0 radical (unpaired) electrons. The van der Waals surface area contributed by atoms with Gasteiger partial charge in [-0.05, 0) is 57.1 Å². The molecular formula is C26H33N5O. The van der Waals surface area contributed by atoms with Gasteiger partial charge >= 0.3 is 0 Å². The summed E-state index contributed by atoms with van der Waals surface area (Å²) < 4.78 is 2.19. The maximum atomic E-state index is 13.1. The van der Waals surface area contributed by atoms with Crippen molar-refractivity contribution >= 4 is 22.6 Å². The van der Waals surface area contributed by atoms with Crippen LogP contribution < -0.4 is 4.90 Å². The summed E-state index contributed by atoms with van der Waals surface area (Å²) in [5, 5.41) is 0. The van der Waals surface area contributed by atoms with Crippen LogP contribution in [0.25, 0.3) is 11.0 Å². The zero-order valence-electron chi connectivity index (χ0n) is 19.2. The number of amides is 1. The van der Waals surface area contributed by atoms with Gasteiger partial charge in [0.2, 0.25) is 5.91 Å². The fourth-order valence-electron chi connectivity index (χ4n) is 5.07. The van der Waals surface area contributed by atoms with Crippen LogP contribution in [-0.2, 0) is 18.4 Å². The van der Waals surface area contributed by atoms with Crippen molar-refractivity contribution in [3.63, 3.8) is 0 Å². The van der Waals surface area contributed by atoms with Gasteiger partial charge in [0, 0.05) is 44.8 Å². The predicted octanol–water partition coefficient (Wildman–Crippen LogP) is 3.44. The Kier molecular flexibility index (Phi) is 5.87. The number of para-hydroxylation sites is 2. The van der Waals surface area contributed by atoms with Crippen LogP contribution in [0, 0.1) is 12.8 Å². The average Bonchev–Trinajstić information content (AvgIpc) is 3.15. The highest BCUT2D eigenvalue weighted by atomic mass is 16.2. The van der Waals surface area contributed by atoms with Crippen LogP contribution in [0.3, 0.4) is 0 Å². The van der Waals surface area contributed by atoms with Crippen molar-refractivity contribution < 1.29 is 4.79 Å². The number of aromatic nitrogens is 2. The second kappa shape index (κ2) is 8.94. The Bertz CT molecular complexity index is 1070. The number of rotatable bonds is 4. The fraction of sp³-hybridized carbons (Fsp3) is 0.462. The number of fused-ring (bicyclic) bond motifs is 1. The number of hydrogen-bond donors (Lipinski definition) is 0. The topological polar surface area (TPSA) is 44.6 Å².